The van der Waals surface area contributed by atoms with Gasteiger partial charge in [0.15, 0.2) is 0 Å². The second-order valence-corrected chi connectivity index (χ2v) is 6.12. The van der Waals surface area contributed by atoms with Gasteiger partial charge in [0, 0.05) is 24.0 Å². The van der Waals surface area contributed by atoms with Crippen molar-refractivity contribution < 1.29 is 4.79 Å². The molecule has 0 atom stereocenters. The number of nitrogen functional groups attached to an aromatic ring is 1. The average Bonchev–Trinajstić information content (AvgIpc) is 2.94. The number of fused-ring (bicyclic) bond motifs is 3. The zero-order valence-corrected chi connectivity index (χ0v) is 13.5. The number of carbonyl (C=O) groups excluding carboxylic acids is 1. The molecule has 3 nitrogen and oxygen atoms in total. The topological polar surface area (TPSA) is 46.3 Å². The van der Waals surface area contributed by atoms with E-state index in [1.165, 1.54) is 22.3 Å². The predicted molar refractivity (Wildman–Crippen MR) is 98.4 cm³/mol. The van der Waals surface area contributed by atoms with Crippen LogP contribution >= 0.6 is 0 Å². The fourth-order valence-electron chi connectivity index (χ4n) is 3.41. The van der Waals surface area contributed by atoms with Gasteiger partial charge in [-0.3, -0.25) is 9.69 Å². The minimum Gasteiger partial charge on any atom is -0.399 e. The summed E-state index contributed by atoms with van der Waals surface area (Å²) in [6.07, 6.45) is 0.910. The van der Waals surface area contributed by atoms with Crippen molar-refractivity contribution in [3.63, 3.8) is 0 Å². The van der Waals surface area contributed by atoms with Crippen LogP contribution in [0.5, 0.6) is 0 Å². The van der Waals surface area contributed by atoms with Gasteiger partial charge in [-0.25, -0.2) is 0 Å². The molecule has 3 heteroatoms. The minimum atomic E-state index is -0.0183. The predicted octanol–water partition coefficient (Wildman–Crippen LogP) is 4.52. The van der Waals surface area contributed by atoms with Crippen molar-refractivity contribution in [2.45, 2.75) is 13.3 Å². The van der Waals surface area contributed by atoms with Crippen LogP contribution in [-0.2, 0) is 11.2 Å². The number of nitrogens with two attached hydrogens (primary N) is 1. The third-order valence-corrected chi connectivity index (χ3v) is 4.50. The van der Waals surface area contributed by atoms with Crippen molar-refractivity contribution in [3.8, 4) is 11.1 Å². The molecule has 2 N–H and O–H groups in total. The molecule has 3 aromatic rings. The summed E-state index contributed by atoms with van der Waals surface area (Å²) >= 11 is 0. The number of hydrogen-bond donors (Lipinski definition) is 1. The van der Waals surface area contributed by atoms with Gasteiger partial charge in [0.1, 0.15) is 0 Å². The molecule has 0 aliphatic heterocycles. The van der Waals surface area contributed by atoms with Gasteiger partial charge >= 0.3 is 0 Å². The molecule has 0 radical (unpaired) electrons. The summed E-state index contributed by atoms with van der Waals surface area (Å²) in [6, 6.07) is 22.1. The van der Waals surface area contributed by atoms with Gasteiger partial charge in [-0.15, -0.1) is 0 Å². The maximum Gasteiger partial charge on any atom is 0.228 e. The number of benzene rings is 3. The molecule has 4 rings (SSSR count). The summed E-state index contributed by atoms with van der Waals surface area (Å²) in [6.45, 7) is 1.58. The molecule has 0 aromatic heterocycles. The van der Waals surface area contributed by atoms with E-state index in [1.807, 2.05) is 30.3 Å². The fraction of sp³-hybridized carbons (Fsp3) is 0.0952. The molecule has 1 aliphatic rings. The molecular weight excluding hydrogens is 296 g/mol. The highest BCUT2D eigenvalue weighted by atomic mass is 16.2. The van der Waals surface area contributed by atoms with Crippen LogP contribution in [0.25, 0.3) is 11.1 Å². The van der Waals surface area contributed by atoms with Crippen LogP contribution < -0.4 is 10.6 Å². The molecule has 0 spiro atoms. The molecule has 0 saturated heterocycles. The maximum absolute atomic E-state index is 12.2. The van der Waals surface area contributed by atoms with Gasteiger partial charge in [0.25, 0.3) is 0 Å². The quantitative estimate of drug-likeness (QED) is 0.553. The van der Waals surface area contributed by atoms with Crippen LogP contribution in [0.2, 0.25) is 0 Å². The third-order valence-electron chi connectivity index (χ3n) is 4.50. The average molecular weight is 314 g/mol. The smallest absolute Gasteiger partial charge is 0.228 e. The first-order chi connectivity index (χ1) is 11.6. The molecule has 0 saturated carbocycles. The Bertz CT molecular complexity index is 929. The standard InChI is InChI=1S/C21H18N2O/c1-14(24)23(18-8-6-17(22)7-9-18)19-10-11-21-16(13-19)12-15-4-2-3-5-20(15)21/h2-11,13H,12,22H2,1H3. The van der Waals surface area contributed by atoms with E-state index >= 15 is 0 Å². The van der Waals surface area contributed by atoms with E-state index in [0.717, 1.165) is 17.8 Å². The maximum atomic E-state index is 12.2. The lowest BCUT2D eigenvalue weighted by molar-refractivity contribution is -0.115. The normalized spacial score (nSPS) is 11.7. The lowest BCUT2D eigenvalue weighted by Gasteiger charge is -2.22. The minimum absolute atomic E-state index is 0.0183. The van der Waals surface area contributed by atoms with Gasteiger partial charge in [-0.05, 0) is 65.1 Å². The highest BCUT2D eigenvalue weighted by molar-refractivity contribution is 5.99. The van der Waals surface area contributed by atoms with E-state index in [1.54, 1.807) is 11.8 Å². The van der Waals surface area contributed by atoms with Crippen molar-refractivity contribution in [1.29, 1.82) is 0 Å². The molecule has 0 heterocycles. The van der Waals surface area contributed by atoms with E-state index in [4.69, 9.17) is 5.73 Å². The van der Waals surface area contributed by atoms with E-state index in [-0.39, 0.29) is 5.91 Å². The van der Waals surface area contributed by atoms with E-state index in [9.17, 15) is 4.79 Å². The number of nitrogens with zero attached hydrogens (tertiary/aromatic N) is 1. The summed E-state index contributed by atoms with van der Waals surface area (Å²) in [5, 5.41) is 0. The Kier molecular flexibility index (Phi) is 3.35. The van der Waals surface area contributed by atoms with Crippen LogP contribution in [0.1, 0.15) is 18.1 Å². The number of carbonyl (C=O) groups is 1. The Labute approximate surface area is 141 Å². The van der Waals surface area contributed by atoms with Crippen LogP contribution in [0.15, 0.2) is 66.7 Å². The monoisotopic (exact) mass is 314 g/mol. The lowest BCUT2D eigenvalue weighted by atomic mass is 10.0. The molecule has 118 valence electrons. The van der Waals surface area contributed by atoms with E-state index in [0.29, 0.717) is 5.69 Å². The Morgan fingerprint density at radius 3 is 2.29 bits per heavy atom. The Balaban J connectivity index is 1.77. The third kappa shape index (κ3) is 2.35. The molecule has 1 aliphatic carbocycles. The molecule has 0 fully saturated rings. The van der Waals surface area contributed by atoms with Crippen molar-refractivity contribution >= 4 is 23.0 Å². The Morgan fingerprint density at radius 1 is 0.875 bits per heavy atom. The highest BCUT2D eigenvalue weighted by Crippen LogP contribution is 2.39. The van der Waals surface area contributed by atoms with Crippen molar-refractivity contribution in [1.82, 2.24) is 0 Å². The van der Waals surface area contributed by atoms with Gasteiger partial charge in [-0.1, -0.05) is 30.3 Å². The Morgan fingerprint density at radius 2 is 1.54 bits per heavy atom. The van der Waals surface area contributed by atoms with Crippen molar-refractivity contribution in [2.24, 2.45) is 0 Å². The van der Waals surface area contributed by atoms with Crippen LogP contribution in [0.4, 0.5) is 17.1 Å². The second-order valence-electron chi connectivity index (χ2n) is 6.12. The second kappa shape index (κ2) is 5.53. The van der Waals surface area contributed by atoms with E-state index in [2.05, 4.69) is 36.4 Å². The van der Waals surface area contributed by atoms with Crippen molar-refractivity contribution in [2.75, 3.05) is 10.6 Å². The highest BCUT2D eigenvalue weighted by Gasteiger charge is 2.21. The summed E-state index contributed by atoms with van der Waals surface area (Å²) < 4.78 is 0. The number of amides is 1. The summed E-state index contributed by atoms with van der Waals surface area (Å²) in [7, 11) is 0. The first-order valence-electron chi connectivity index (χ1n) is 8.01. The molecule has 3 aromatic carbocycles. The number of rotatable bonds is 2. The molecule has 1 amide bonds. The first kappa shape index (κ1) is 14.5. The SMILES string of the molecule is CC(=O)N(c1ccc(N)cc1)c1ccc2c(c1)Cc1ccccc1-2. The molecule has 0 unspecified atom stereocenters. The summed E-state index contributed by atoms with van der Waals surface area (Å²) in [5.41, 5.74) is 13.3. The largest absolute Gasteiger partial charge is 0.399 e. The van der Waals surface area contributed by atoms with Gasteiger partial charge in [0.05, 0.1) is 0 Å². The van der Waals surface area contributed by atoms with Crippen molar-refractivity contribution in [3.05, 3.63) is 77.9 Å². The van der Waals surface area contributed by atoms with Gasteiger partial charge in [-0.2, -0.15) is 0 Å². The Hall–Kier alpha value is -3.07. The number of anilines is 3. The summed E-state index contributed by atoms with van der Waals surface area (Å²) in [4.78, 5) is 14.0. The van der Waals surface area contributed by atoms with Crippen LogP contribution in [0.3, 0.4) is 0 Å². The fourth-order valence-corrected chi connectivity index (χ4v) is 3.41. The summed E-state index contributed by atoms with van der Waals surface area (Å²) in [5.74, 6) is -0.0183. The molecule has 24 heavy (non-hydrogen) atoms. The van der Waals surface area contributed by atoms with Crippen LogP contribution in [-0.4, -0.2) is 5.91 Å². The molecule has 0 bridgehead atoms. The number of hydrogen-bond acceptors (Lipinski definition) is 2. The first-order valence-corrected chi connectivity index (χ1v) is 8.01. The van der Waals surface area contributed by atoms with Gasteiger partial charge in [0.2, 0.25) is 5.91 Å². The zero-order valence-electron chi connectivity index (χ0n) is 13.5. The van der Waals surface area contributed by atoms with Gasteiger partial charge < -0.3 is 5.73 Å². The van der Waals surface area contributed by atoms with E-state index < -0.39 is 0 Å². The lowest BCUT2D eigenvalue weighted by Crippen LogP contribution is -2.22. The zero-order chi connectivity index (χ0) is 16.7. The molecular formula is C21H18N2O. The van der Waals surface area contributed by atoms with Crippen LogP contribution in [0, 0.1) is 0 Å².